The van der Waals surface area contributed by atoms with Crippen LogP contribution in [-0.4, -0.2) is 44.2 Å². The zero-order valence-electron chi connectivity index (χ0n) is 9.69. The van der Waals surface area contributed by atoms with Gasteiger partial charge in [0.2, 0.25) is 11.6 Å². The number of ether oxygens (including phenoxy) is 1. The van der Waals surface area contributed by atoms with Crippen LogP contribution in [0.25, 0.3) is 0 Å². The molecule has 1 aromatic carbocycles. The Morgan fingerprint density at radius 2 is 1.88 bits per heavy atom. The molecular formula is C12H15NO3. The van der Waals surface area contributed by atoms with Gasteiger partial charge in [0.25, 0.3) is 0 Å². The predicted octanol–water partition coefficient (Wildman–Crippen LogP) is 1.01. The van der Waals surface area contributed by atoms with Gasteiger partial charge in [0, 0.05) is 0 Å². The second-order valence-corrected chi connectivity index (χ2v) is 3.69. The molecule has 86 valence electrons. The lowest BCUT2D eigenvalue weighted by molar-refractivity contribution is -0.115. The van der Waals surface area contributed by atoms with E-state index < -0.39 is 11.6 Å². The molecule has 1 aromatic rings. The van der Waals surface area contributed by atoms with Crippen molar-refractivity contribution in [3.63, 3.8) is 0 Å². The van der Waals surface area contributed by atoms with Crippen molar-refractivity contribution < 1.29 is 14.3 Å². The number of ketones is 2. The number of Topliss-reactive ketones (excluding diaryl/α,β-unsaturated/α-hetero) is 2. The molecule has 0 aliphatic heterocycles. The molecule has 0 aliphatic carbocycles. The number of carbonyl (C=O) groups is 2. The van der Waals surface area contributed by atoms with Gasteiger partial charge in [-0.25, -0.2) is 0 Å². The van der Waals surface area contributed by atoms with E-state index in [1.807, 2.05) is 0 Å². The fourth-order valence-electron chi connectivity index (χ4n) is 1.34. The Bertz CT molecular complexity index is 399. The maximum Gasteiger partial charge on any atom is 0.233 e. The number of likely N-dealkylation sites (N-methyl/N-ethyl adjacent to an activating group) is 1. The second kappa shape index (κ2) is 5.42. The third kappa shape index (κ3) is 2.90. The molecule has 16 heavy (non-hydrogen) atoms. The monoisotopic (exact) mass is 221 g/mol. The molecule has 0 aliphatic rings. The highest BCUT2D eigenvalue weighted by atomic mass is 16.5. The highest BCUT2D eigenvalue weighted by Gasteiger charge is 2.19. The topological polar surface area (TPSA) is 46.6 Å². The van der Waals surface area contributed by atoms with Crippen LogP contribution in [0.15, 0.2) is 24.3 Å². The van der Waals surface area contributed by atoms with Crippen LogP contribution in [-0.2, 0) is 4.79 Å². The van der Waals surface area contributed by atoms with Gasteiger partial charge in [-0.15, -0.1) is 0 Å². The van der Waals surface area contributed by atoms with Crippen molar-refractivity contribution >= 4 is 11.6 Å². The van der Waals surface area contributed by atoms with E-state index in [0.717, 1.165) is 0 Å². The summed E-state index contributed by atoms with van der Waals surface area (Å²) < 4.78 is 5.03. The summed E-state index contributed by atoms with van der Waals surface area (Å²) >= 11 is 0. The van der Waals surface area contributed by atoms with Gasteiger partial charge in [-0.3, -0.25) is 9.59 Å². The third-order valence-corrected chi connectivity index (χ3v) is 2.06. The van der Waals surface area contributed by atoms with Gasteiger partial charge >= 0.3 is 0 Å². The van der Waals surface area contributed by atoms with Crippen molar-refractivity contribution in [2.75, 3.05) is 27.7 Å². The maximum absolute atomic E-state index is 11.8. The molecule has 4 nitrogen and oxygen atoms in total. The Morgan fingerprint density at radius 1 is 1.25 bits per heavy atom. The average molecular weight is 221 g/mol. The molecule has 0 N–H and O–H groups in total. The van der Waals surface area contributed by atoms with E-state index in [4.69, 9.17) is 4.74 Å². The molecule has 0 spiro atoms. The summed E-state index contributed by atoms with van der Waals surface area (Å²) in [5.41, 5.74) is 0.317. The minimum absolute atomic E-state index is 0.108. The highest BCUT2D eigenvalue weighted by molar-refractivity contribution is 6.45. The van der Waals surface area contributed by atoms with Crippen LogP contribution in [0.4, 0.5) is 0 Å². The van der Waals surface area contributed by atoms with Gasteiger partial charge in [-0.1, -0.05) is 12.1 Å². The molecule has 0 unspecified atom stereocenters. The number of para-hydroxylation sites is 1. The summed E-state index contributed by atoms with van der Waals surface area (Å²) in [7, 11) is 4.96. The fraction of sp³-hybridized carbons (Fsp3) is 0.333. The highest BCUT2D eigenvalue weighted by Crippen LogP contribution is 2.17. The Hall–Kier alpha value is -1.68. The lowest BCUT2D eigenvalue weighted by atomic mass is 10.1. The number of hydrogen-bond donors (Lipinski definition) is 0. The van der Waals surface area contributed by atoms with Gasteiger partial charge in [-0.2, -0.15) is 0 Å². The van der Waals surface area contributed by atoms with E-state index in [0.29, 0.717) is 11.3 Å². The van der Waals surface area contributed by atoms with E-state index in [2.05, 4.69) is 0 Å². The number of hydrogen-bond acceptors (Lipinski definition) is 4. The largest absolute Gasteiger partial charge is 0.496 e. The molecule has 0 amide bonds. The summed E-state index contributed by atoms with van der Waals surface area (Å²) in [6.07, 6.45) is 0. The summed E-state index contributed by atoms with van der Waals surface area (Å²) in [4.78, 5) is 25.0. The zero-order valence-corrected chi connectivity index (χ0v) is 9.69. The molecule has 0 saturated carbocycles. The molecule has 0 atom stereocenters. The fourth-order valence-corrected chi connectivity index (χ4v) is 1.34. The van der Waals surface area contributed by atoms with Gasteiger partial charge in [0.05, 0.1) is 19.2 Å². The minimum Gasteiger partial charge on any atom is -0.496 e. The predicted molar refractivity (Wildman–Crippen MR) is 60.9 cm³/mol. The van der Waals surface area contributed by atoms with Crippen LogP contribution in [0.2, 0.25) is 0 Å². The molecular weight excluding hydrogens is 206 g/mol. The van der Waals surface area contributed by atoms with Gasteiger partial charge < -0.3 is 9.64 Å². The molecule has 0 heterocycles. The number of benzene rings is 1. The quantitative estimate of drug-likeness (QED) is 0.550. The third-order valence-electron chi connectivity index (χ3n) is 2.06. The van der Waals surface area contributed by atoms with E-state index in [1.54, 1.807) is 43.3 Å². The summed E-state index contributed by atoms with van der Waals surface area (Å²) in [5, 5.41) is 0. The van der Waals surface area contributed by atoms with Crippen molar-refractivity contribution in [3.05, 3.63) is 29.8 Å². The van der Waals surface area contributed by atoms with Crippen molar-refractivity contribution in [1.29, 1.82) is 0 Å². The Balaban J connectivity index is 2.92. The van der Waals surface area contributed by atoms with Crippen LogP contribution in [0.1, 0.15) is 10.4 Å². The summed E-state index contributed by atoms with van der Waals surface area (Å²) in [6.45, 7) is 0.108. The molecule has 0 radical (unpaired) electrons. The van der Waals surface area contributed by atoms with Crippen LogP contribution in [0.3, 0.4) is 0 Å². The van der Waals surface area contributed by atoms with Gasteiger partial charge in [0.15, 0.2) is 0 Å². The lowest BCUT2D eigenvalue weighted by Gasteiger charge is -2.09. The molecule has 0 bridgehead atoms. The number of carbonyl (C=O) groups excluding carboxylic acids is 2. The van der Waals surface area contributed by atoms with E-state index in [-0.39, 0.29) is 6.54 Å². The zero-order chi connectivity index (χ0) is 12.1. The maximum atomic E-state index is 11.8. The van der Waals surface area contributed by atoms with E-state index in [9.17, 15) is 9.59 Å². The van der Waals surface area contributed by atoms with Crippen LogP contribution in [0.5, 0.6) is 5.75 Å². The Labute approximate surface area is 94.8 Å². The van der Waals surface area contributed by atoms with Gasteiger partial charge in [-0.05, 0) is 26.2 Å². The molecule has 0 aromatic heterocycles. The van der Waals surface area contributed by atoms with Crippen molar-refractivity contribution in [3.8, 4) is 5.75 Å². The van der Waals surface area contributed by atoms with Crippen molar-refractivity contribution in [2.45, 2.75) is 0 Å². The average Bonchev–Trinajstić information content (AvgIpc) is 2.27. The first-order valence-corrected chi connectivity index (χ1v) is 4.91. The van der Waals surface area contributed by atoms with Crippen LogP contribution < -0.4 is 4.74 Å². The smallest absolute Gasteiger partial charge is 0.233 e. The normalized spacial score (nSPS) is 10.2. The first-order valence-electron chi connectivity index (χ1n) is 4.91. The van der Waals surface area contributed by atoms with Crippen LogP contribution >= 0.6 is 0 Å². The first-order chi connectivity index (χ1) is 7.56. The van der Waals surface area contributed by atoms with Crippen LogP contribution in [0, 0.1) is 0 Å². The van der Waals surface area contributed by atoms with Crippen molar-refractivity contribution in [1.82, 2.24) is 4.90 Å². The molecule has 0 saturated heterocycles. The number of nitrogens with zero attached hydrogens (tertiary/aromatic N) is 1. The minimum atomic E-state index is -0.508. The molecule has 4 heteroatoms. The second-order valence-electron chi connectivity index (χ2n) is 3.69. The molecule has 1 rings (SSSR count). The van der Waals surface area contributed by atoms with Gasteiger partial charge in [0.1, 0.15) is 5.75 Å². The Morgan fingerprint density at radius 3 is 2.44 bits per heavy atom. The number of methoxy groups -OCH3 is 1. The first kappa shape index (κ1) is 12.4. The molecule has 0 fully saturated rings. The summed E-state index contributed by atoms with van der Waals surface area (Å²) in [5.74, 6) is -0.514. The lowest BCUT2D eigenvalue weighted by Crippen LogP contribution is -2.28. The number of rotatable bonds is 5. The standard InChI is InChI=1S/C12H15NO3/c1-13(2)8-10(14)12(15)9-6-4-5-7-11(9)16-3/h4-7H,8H2,1-3H3. The SMILES string of the molecule is COc1ccccc1C(=O)C(=O)CN(C)C. The van der Waals surface area contributed by atoms with E-state index in [1.165, 1.54) is 7.11 Å². The Kier molecular flexibility index (Phi) is 4.19. The van der Waals surface area contributed by atoms with E-state index >= 15 is 0 Å². The van der Waals surface area contributed by atoms with Crippen molar-refractivity contribution in [2.24, 2.45) is 0 Å². The summed E-state index contributed by atoms with van der Waals surface area (Å²) in [6, 6.07) is 6.72.